The molecule has 0 saturated carbocycles. The lowest BCUT2D eigenvalue weighted by atomic mass is 10.0. The van der Waals surface area contributed by atoms with Crippen molar-refractivity contribution >= 4 is 22.8 Å². The van der Waals surface area contributed by atoms with E-state index in [9.17, 15) is 9.59 Å². The van der Waals surface area contributed by atoms with Gasteiger partial charge >= 0.3 is 0 Å². The molecule has 0 aromatic rings. The molecule has 1 amide bonds. The van der Waals surface area contributed by atoms with Gasteiger partial charge in [0.05, 0.1) is 37.8 Å². The van der Waals surface area contributed by atoms with Crippen LogP contribution in [-0.4, -0.2) is 69.1 Å². The maximum absolute atomic E-state index is 12.1. The van der Waals surface area contributed by atoms with E-state index in [2.05, 4.69) is 11.9 Å². The summed E-state index contributed by atoms with van der Waals surface area (Å²) >= 11 is 1.18. The van der Waals surface area contributed by atoms with Crippen LogP contribution in [0.4, 0.5) is 0 Å². The predicted molar refractivity (Wildman–Crippen MR) is 110 cm³/mol. The van der Waals surface area contributed by atoms with Crippen molar-refractivity contribution in [3.8, 4) is 0 Å². The molecule has 158 valence electrons. The normalized spacial score (nSPS) is 19.9. The molecule has 0 fully saturated rings. The smallest absolute Gasteiger partial charge is 0.258 e. The fourth-order valence-electron chi connectivity index (χ4n) is 2.54. The Morgan fingerprint density at radius 3 is 2.50 bits per heavy atom. The fourth-order valence-corrected chi connectivity index (χ4v) is 3.72. The molecular weight excluding hydrogens is 382 g/mol. The largest absolute Gasteiger partial charge is 0.486 e. The first-order valence-corrected chi connectivity index (χ1v) is 9.96. The summed E-state index contributed by atoms with van der Waals surface area (Å²) in [5, 5.41) is 2.68. The van der Waals surface area contributed by atoms with E-state index >= 15 is 0 Å². The van der Waals surface area contributed by atoms with E-state index in [0.717, 1.165) is 5.57 Å². The summed E-state index contributed by atoms with van der Waals surface area (Å²) in [4.78, 5) is 24.1. The molecule has 1 atom stereocenters. The predicted octanol–water partition coefficient (Wildman–Crippen LogP) is 2.24. The zero-order valence-electron chi connectivity index (χ0n) is 17.2. The van der Waals surface area contributed by atoms with Crippen molar-refractivity contribution in [1.29, 1.82) is 0 Å². The third kappa shape index (κ3) is 8.18. The van der Waals surface area contributed by atoms with Crippen molar-refractivity contribution in [3.63, 3.8) is 0 Å². The molecule has 0 bridgehead atoms. The van der Waals surface area contributed by atoms with Gasteiger partial charge in [-0.25, -0.2) is 0 Å². The van der Waals surface area contributed by atoms with E-state index in [1.807, 2.05) is 19.9 Å². The lowest BCUT2D eigenvalue weighted by Gasteiger charge is -2.23. The minimum absolute atomic E-state index is 0.0489. The molecule has 8 heteroatoms. The van der Waals surface area contributed by atoms with Gasteiger partial charge < -0.3 is 24.3 Å². The Labute approximate surface area is 171 Å². The van der Waals surface area contributed by atoms with Gasteiger partial charge in [-0.15, -0.1) is 0 Å². The van der Waals surface area contributed by atoms with Crippen molar-refractivity contribution < 1.29 is 28.5 Å². The third-order valence-corrected chi connectivity index (χ3v) is 5.17. The average molecular weight is 414 g/mol. The first-order chi connectivity index (χ1) is 13.3. The Hall–Kier alpha value is -1.61. The van der Waals surface area contributed by atoms with Gasteiger partial charge in [-0.2, -0.15) is 0 Å². The number of rotatable bonds is 14. The number of hydrogen-bond donors (Lipinski definition) is 1. The topological polar surface area (TPSA) is 83.1 Å². The summed E-state index contributed by atoms with van der Waals surface area (Å²) in [6.45, 7) is 11.9. The number of ether oxygens (including phenoxy) is 4. The SMILES string of the molecule is C=C/C(C)=C/C1(C)SC(=O)C(C)=C1OCC(=O)NCCOCCOCCOC. The third-order valence-electron chi connectivity index (χ3n) is 3.95. The van der Waals surface area contributed by atoms with Crippen LogP contribution >= 0.6 is 11.8 Å². The van der Waals surface area contributed by atoms with Gasteiger partial charge in [0, 0.05) is 19.2 Å². The Morgan fingerprint density at radius 2 is 1.86 bits per heavy atom. The summed E-state index contributed by atoms with van der Waals surface area (Å²) in [6, 6.07) is 0. The van der Waals surface area contributed by atoms with Gasteiger partial charge in [0.25, 0.3) is 5.91 Å². The van der Waals surface area contributed by atoms with Gasteiger partial charge in [0.1, 0.15) is 5.76 Å². The quantitative estimate of drug-likeness (QED) is 0.345. The van der Waals surface area contributed by atoms with Crippen molar-refractivity contribution in [2.45, 2.75) is 25.5 Å². The van der Waals surface area contributed by atoms with Gasteiger partial charge in [0.2, 0.25) is 5.12 Å². The highest BCUT2D eigenvalue weighted by Crippen LogP contribution is 2.45. The number of carbonyl (C=O) groups excluding carboxylic acids is 2. The summed E-state index contributed by atoms with van der Waals surface area (Å²) in [6.07, 6.45) is 3.64. The molecule has 1 N–H and O–H groups in total. The minimum Gasteiger partial charge on any atom is -0.486 e. The molecule has 28 heavy (non-hydrogen) atoms. The summed E-state index contributed by atoms with van der Waals surface area (Å²) in [5.41, 5.74) is 1.47. The number of amides is 1. The first-order valence-electron chi connectivity index (χ1n) is 9.14. The highest BCUT2D eigenvalue weighted by molar-refractivity contribution is 8.16. The molecule has 1 aliphatic heterocycles. The second-order valence-electron chi connectivity index (χ2n) is 6.40. The number of hydrogen-bond acceptors (Lipinski definition) is 7. The monoisotopic (exact) mass is 413 g/mol. The van der Waals surface area contributed by atoms with Crippen LogP contribution in [0.25, 0.3) is 0 Å². The van der Waals surface area contributed by atoms with Crippen LogP contribution in [-0.2, 0) is 28.5 Å². The lowest BCUT2D eigenvalue weighted by molar-refractivity contribution is -0.124. The molecule has 1 aliphatic rings. The van der Waals surface area contributed by atoms with E-state index in [1.165, 1.54) is 11.8 Å². The Balaban J connectivity index is 2.35. The number of allylic oxidation sites excluding steroid dienone is 2. The summed E-state index contributed by atoms with van der Waals surface area (Å²) < 4.78 is 20.6. The highest BCUT2D eigenvalue weighted by atomic mass is 32.2. The van der Waals surface area contributed by atoms with E-state index < -0.39 is 4.75 Å². The van der Waals surface area contributed by atoms with Crippen molar-refractivity contribution in [1.82, 2.24) is 5.32 Å². The molecule has 0 saturated heterocycles. The van der Waals surface area contributed by atoms with Crippen LogP contribution in [0.1, 0.15) is 20.8 Å². The van der Waals surface area contributed by atoms with Gasteiger partial charge in [-0.05, 0) is 20.8 Å². The standard InChI is InChI=1S/C20H31NO6S/c1-6-15(2)13-20(4)18(16(3)19(23)28-20)27-14-17(22)21-7-8-25-11-12-26-10-9-24-5/h6,13H,1,7-12,14H2,2-5H3,(H,21,22)/b15-13+. The van der Waals surface area contributed by atoms with Crippen LogP contribution in [0, 0.1) is 0 Å². The molecule has 0 aromatic carbocycles. The number of methoxy groups -OCH3 is 1. The molecular formula is C20H31NO6S. The molecule has 1 rings (SSSR count). The van der Waals surface area contributed by atoms with Gasteiger partial charge in [-0.1, -0.05) is 36.1 Å². The Morgan fingerprint density at radius 1 is 1.21 bits per heavy atom. The summed E-state index contributed by atoms with van der Waals surface area (Å²) in [7, 11) is 1.62. The Bertz CT molecular complexity index is 616. The van der Waals surface area contributed by atoms with Gasteiger partial charge in [-0.3, -0.25) is 9.59 Å². The molecule has 1 unspecified atom stereocenters. The van der Waals surface area contributed by atoms with Crippen molar-refractivity contribution in [2.75, 3.05) is 53.3 Å². The van der Waals surface area contributed by atoms with Crippen LogP contribution in [0.2, 0.25) is 0 Å². The molecule has 0 aromatic heterocycles. The average Bonchev–Trinajstić information content (AvgIpc) is 2.86. The second-order valence-corrected chi connectivity index (χ2v) is 7.82. The van der Waals surface area contributed by atoms with Crippen LogP contribution in [0.15, 0.2) is 35.6 Å². The number of carbonyl (C=O) groups is 2. The molecule has 0 radical (unpaired) electrons. The van der Waals surface area contributed by atoms with Crippen LogP contribution < -0.4 is 5.32 Å². The zero-order valence-corrected chi connectivity index (χ0v) is 18.0. The maximum Gasteiger partial charge on any atom is 0.258 e. The fraction of sp³-hybridized carbons (Fsp3) is 0.600. The van der Waals surface area contributed by atoms with Crippen molar-refractivity contribution in [3.05, 3.63) is 35.6 Å². The summed E-state index contributed by atoms with van der Waals surface area (Å²) in [5.74, 6) is 0.250. The first kappa shape index (κ1) is 24.4. The second kappa shape index (κ2) is 12.8. The zero-order chi connectivity index (χ0) is 21.0. The van der Waals surface area contributed by atoms with Crippen LogP contribution in [0.3, 0.4) is 0 Å². The van der Waals surface area contributed by atoms with Crippen molar-refractivity contribution in [2.24, 2.45) is 0 Å². The maximum atomic E-state index is 12.1. The van der Waals surface area contributed by atoms with Gasteiger partial charge in [0.15, 0.2) is 6.61 Å². The molecule has 7 nitrogen and oxygen atoms in total. The lowest BCUT2D eigenvalue weighted by Crippen LogP contribution is -2.32. The Kier molecular flexibility index (Phi) is 11.1. The van der Waals surface area contributed by atoms with E-state index in [4.69, 9.17) is 18.9 Å². The van der Waals surface area contributed by atoms with E-state index in [0.29, 0.717) is 50.9 Å². The van der Waals surface area contributed by atoms with E-state index in [-0.39, 0.29) is 17.6 Å². The molecule has 1 heterocycles. The number of nitrogens with one attached hydrogen (secondary N) is 1. The molecule has 0 spiro atoms. The number of thioether (sulfide) groups is 1. The van der Waals surface area contributed by atoms with Crippen LogP contribution in [0.5, 0.6) is 0 Å². The molecule has 0 aliphatic carbocycles. The van der Waals surface area contributed by atoms with E-state index in [1.54, 1.807) is 20.1 Å². The minimum atomic E-state index is -0.633. The highest BCUT2D eigenvalue weighted by Gasteiger charge is 2.41.